The molecule has 0 aliphatic carbocycles. The van der Waals surface area contributed by atoms with Crippen LogP contribution in [0.5, 0.6) is 0 Å². The minimum atomic E-state index is 0.694. The van der Waals surface area contributed by atoms with Gasteiger partial charge >= 0.3 is 0 Å². The second-order valence-corrected chi connectivity index (χ2v) is 8.12. The number of aromatic nitrogens is 2. The Balaban J connectivity index is 1.44. The number of hydrogen-bond donors (Lipinski definition) is 2. The zero-order valence-corrected chi connectivity index (χ0v) is 18.7. The van der Waals surface area contributed by atoms with E-state index in [1.807, 2.05) is 24.4 Å². The van der Waals surface area contributed by atoms with E-state index >= 15 is 0 Å². The number of nitrogens with one attached hydrogen (secondary N) is 2. The second-order valence-electron chi connectivity index (χ2n) is 7.73. The number of para-hydroxylation sites is 1. The Morgan fingerprint density at radius 2 is 1.74 bits per heavy atom. The number of H-pyrrole nitrogens is 1. The maximum atomic E-state index is 5.79. The Bertz CT molecular complexity index is 1120. The van der Waals surface area contributed by atoms with Crippen molar-refractivity contribution >= 4 is 28.2 Å². The number of aryl methyl sites for hydroxylation is 1. The van der Waals surface area contributed by atoms with Crippen LogP contribution in [0.3, 0.4) is 0 Å². The van der Waals surface area contributed by atoms with Gasteiger partial charge in [-0.05, 0) is 61.3 Å². The van der Waals surface area contributed by atoms with Crippen LogP contribution in [0.4, 0.5) is 0 Å². The zero-order chi connectivity index (χ0) is 21.5. The predicted octanol–water partition coefficient (Wildman–Crippen LogP) is 5.03. The van der Waals surface area contributed by atoms with Gasteiger partial charge in [-0.3, -0.25) is 4.98 Å². The van der Waals surface area contributed by atoms with Crippen molar-refractivity contribution in [2.24, 2.45) is 0 Å². The monoisotopic (exact) mass is 428 g/mol. The third-order valence-electron chi connectivity index (χ3n) is 5.56. The summed E-state index contributed by atoms with van der Waals surface area (Å²) in [4.78, 5) is 10.2. The number of hydrogen-bond acceptors (Lipinski definition) is 2. The summed E-state index contributed by atoms with van der Waals surface area (Å²) < 4.78 is 0. The zero-order valence-electron chi connectivity index (χ0n) is 17.8. The van der Waals surface area contributed by atoms with Gasteiger partial charge in [0.2, 0.25) is 0 Å². The molecule has 0 amide bonds. The van der Waals surface area contributed by atoms with Crippen molar-refractivity contribution in [1.82, 2.24) is 20.2 Å². The van der Waals surface area contributed by atoms with Gasteiger partial charge in [0.1, 0.15) is 0 Å². The lowest BCUT2D eigenvalue weighted by Gasteiger charge is -2.26. The maximum Gasteiger partial charge on any atom is 0.169 e. The molecule has 4 aromatic rings. The molecule has 2 N–H and O–H groups in total. The molecule has 0 unspecified atom stereocenters. The van der Waals surface area contributed by atoms with E-state index in [2.05, 4.69) is 81.7 Å². The normalized spacial score (nSPS) is 10.9. The number of pyridine rings is 1. The van der Waals surface area contributed by atoms with Crippen LogP contribution in [0.2, 0.25) is 0 Å². The molecule has 0 saturated heterocycles. The van der Waals surface area contributed by atoms with Crippen LogP contribution in [0.1, 0.15) is 22.5 Å². The van der Waals surface area contributed by atoms with Gasteiger partial charge in [0.25, 0.3) is 0 Å². The summed E-state index contributed by atoms with van der Waals surface area (Å²) in [5.74, 6) is 0. The molecule has 158 valence electrons. The first-order chi connectivity index (χ1) is 15.2. The fourth-order valence-corrected chi connectivity index (χ4v) is 4.17. The topological polar surface area (TPSA) is 44.0 Å². The average Bonchev–Trinajstić information content (AvgIpc) is 3.13. The van der Waals surface area contributed by atoms with Gasteiger partial charge in [-0.15, -0.1) is 0 Å². The van der Waals surface area contributed by atoms with Gasteiger partial charge in [-0.1, -0.05) is 54.6 Å². The van der Waals surface area contributed by atoms with E-state index in [4.69, 9.17) is 12.2 Å². The third-order valence-corrected chi connectivity index (χ3v) is 5.96. The highest BCUT2D eigenvalue weighted by Gasteiger charge is 2.14. The van der Waals surface area contributed by atoms with Crippen molar-refractivity contribution in [3.05, 3.63) is 102 Å². The van der Waals surface area contributed by atoms with Gasteiger partial charge < -0.3 is 15.2 Å². The van der Waals surface area contributed by atoms with Crippen LogP contribution in [-0.2, 0) is 19.4 Å². The van der Waals surface area contributed by atoms with Gasteiger partial charge in [-0.2, -0.15) is 0 Å². The Kier molecular flexibility index (Phi) is 6.95. The average molecular weight is 429 g/mol. The molecular formula is C26H28N4S. The molecule has 31 heavy (non-hydrogen) atoms. The molecule has 2 aromatic carbocycles. The van der Waals surface area contributed by atoms with Crippen LogP contribution in [0.25, 0.3) is 10.9 Å². The van der Waals surface area contributed by atoms with Crippen molar-refractivity contribution in [3.8, 4) is 0 Å². The first kappa shape index (κ1) is 21.1. The second kappa shape index (κ2) is 10.2. The van der Waals surface area contributed by atoms with Gasteiger partial charge in [0.15, 0.2) is 5.11 Å². The molecule has 0 spiro atoms. The predicted molar refractivity (Wildman–Crippen MR) is 132 cm³/mol. The minimum absolute atomic E-state index is 0.694. The summed E-state index contributed by atoms with van der Waals surface area (Å²) in [6, 6.07) is 25.0. The number of benzene rings is 2. The quantitative estimate of drug-likeness (QED) is 0.386. The molecule has 0 fully saturated rings. The van der Waals surface area contributed by atoms with Crippen molar-refractivity contribution in [2.75, 3.05) is 13.1 Å². The summed E-state index contributed by atoms with van der Waals surface area (Å²) in [5, 5.41) is 5.52. The number of rotatable bonds is 8. The molecule has 2 aromatic heterocycles. The summed E-state index contributed by atoms with van der Waals surface area (Å²) >= 11 is 5.79. The highest BCUT2D eigenvalue weighted by Crippen LogP contribution is 2.22. The summed E-state index contributed by atoms with van der Waals surface area (Å²) in [7, 11) is 0. The van der Waals surface area contributed by atoms with Crippen molar-refractivity contribution in [2.45, 2.75) is 26.3 Å². The molecule has 2 heterocycles. The number of aromatic amines is 1. The lowest BCUT2D eigenvalue weighted by molar-refractivity contribution is 0.404. The van der Waals surface area contributed by atoms with Crippen LogP contribution >= 0.6 is 12.2 Å². The molecule has 0 bridgehead atoms. The van der Waals surface area contributed by atoms with Crippen LogP contribution in [-0.4, -0.2) is 33.1 Å². The molecule has 0 radical (unpaired) electrons. The van der Waals surface area contributed by atoms with Crippen LogP contribution in [0.15, 0.2) is 79.0 Å². The van der Waals surface area contributed by atoms with Gasteiger partial charge in [0.05, 0.1) is 12.2 Å². The third kappa shape index (κ3) is 5.50. The van der Waals surface area contributed by atoms with Crippen molar-refractivity contribution in [1.29, 1.82) is 0 Å². The van der Waals surface area contributed by atoms with E-state index < -0.39 is 0 Å². The van der Waals surface area contributed by atoms with Crippen molar-refractivity contribution in [3.63, 3.8) is 0 Å². The molecule has 0 aliphatic rings. The molecule has 4 rings (SSSR count). The first-order valence-electron chi connectivity index (χ1n) is 10.7. The van der Waals surface area contributed by atoms with E-state index in [1.54, 1.807) is 0 Å². The smallest absolute Gasteiger partial charge is 0.169 e. The molecule has 4 nitrogen and oxygen atoms in total. The van der Waals surface area contributed by atoms with E-state index in [9.17, 15) is 0 Å². The number of fused-ring (bicyclic) bond motifs is 1. The standard InChI is InChI=1S/C26H28N4S/c1-20-23(24-12-5-6-13-25(24)29-20)15-18-30(19-22-11-7-8-16-27-22)26(31)28-17-14-21-9-3-2-4-10-21/h2-13,16,29H,14-15,17-19H2,1H3,(H,28,31). The highest BCUT2D eigenvalue weighted by atomic mass is 32.1. The summed E-state index contributed by atoms with van der Waals surface area (Å²) in [6.07, 6.45) is 3.70. The lowest BCUT2D eigenvalue weighted by atomic mass is 10.1. The van der Waals surface area contributed by atoms with E-state index in [0.717, 1.165) is 36.7 Å². The molecule has 0 atom stereocenters. The Morgan fingerprint density at radius 3 is 2.55 bits per heavy atom. The SMILES string of the molecule is Cc1[nH]c2ccccc2c1CCN(Cc1ccccn1)C(=S)NCCc1ccccc1. The van der Waals surface area contributed by atoms with Crippen LogP contribution < -0.4 is 5.32 Å². The fraction of sp³-hybridized carbons (Fsp3) is 0.231. The van der Waals surface area contributed by atoms with Gasteiger partial charge in [-0.25, -0.2) is 0 Å². The molecule has 0 saturated carbocycles. The first-order valence-corrected chi connectivity index (χ1v) is 11.1. The summed E-state index contributed by atoms with van der Waals surface area (Å²) in [5.41, 5.74) is 6.10. The molecule has 5 heteroatoms. The lowest BCUT2D eigenvalue weighted by Crippen LogP contribution is -2.41. The maximum absolute atomic E-state index is 5.79. The van der Waals surface area contributed by atoms with Crippen LogP contribution in [0, 0.1) is 6.92 Å². The van der Waals surface area contributed by atoms with Gasteiger partial charge in [0, 0.05) is 35.9 Å². The minimum Gasteiger partial charge on any atom is -0.362 e. The fourth-order valence-electron chi connectivity index (χ4n) is 3.91. The van der Waals surface area contributed by atoms with E-state index in [1.165, 1.54) is 27.7 Å². The number of thiocarbonyl (C=S) groups is 1. The Morgan fingerprint density at radius 1 is 0.968 bits per heavy atom. The number of nitrogens with zero attached hydrogens (tertiary/aromatic N) is 2. The highest BCUT2D eigenvalue weighted by molar-refractivity contribution is 7.80. The van der Waals surface area contributed by atoms with E-state index in [0.29, 0.717) is 6.54 Å². The van der Waals surface area contributed by atoms with Crippen molar-refractivity contribution < 1.29 is 0 Å². The molecule has 0 aliphatic heterocycles. The summed E-state index contributed by atoms with van der Waals surface area (Å²) in [6.45, 7) is 4.48. The largest absolute Gasteiger partial charge is 0.362 e. The molecular weight excluding hydrogens is 400 g/mol. The Labute approximate surface area is 189 Å². The van der Waals surface area contributed by atoms with E-state index in [-0.39, 0.29) is 0 Å². The Hall–Kier alpha value is -3.18.